The SMILES string of the molecule is CCCS(=O)(=O)N1CCN(Cc2nc3ccc(OC)cc3[nH]2)CC1. The zero-order valence-corrected chi connectivity index (χ0v) is 15.0. The van der Waals surface area contributed by atoms with Gasteiger partial charge in [-0.25, -0.2) is 13.4 Å². The van der Waals surface area contributed by atoms with Gasteiger partial charge in [0, 0.05) is 32.2 Å². The fourth-order valence-corrected chi connectivity index (χ4v) is 4.50. The second-order valence-electron chi connectivity index (χ2n) is 6.06. The smallest absolute Gasteiger partial charge is 0.214 e. The number of ether oxygens (including phenoxy) is 1. The maximum atomic E-state index is 12.1. The summed E-state index contributed by atoms with van der Waals surface area (Å²) in [5, 5.41) is 0. The molecule has 24 heavy (non-hydrogen) atoms. The third kappa shape index (κ3) is 3.71. The van der Waals surface area contributed by atoms with E-state index in [0.717, 1.165) is 35.7 Å². The molecule has 0 radical (unpaired) electrons. The average Bonchev–Trinajstić information content (AvgIpc) is 2.96. The number of nitrogens with one attached hydrogen (secondary N) is 1. The molecule has 1 aromatic heterocycles. The van der Waals surface area contributed by atoms with Crippen molar-refractivity contribution < 1.29 is 13.2 Å². The number of piperazine rings is 1. The zero-order chi connectivity index (χ0) is 17.2. The van der Waals surface area contributed by atoms with Gasteiger partial charge in [-0.3, -0.25) is 4.90 Å². The number of aromatic nitrogens is 2. The third-order valence-corrected chi connectivity index (χ3v) is 6.37. The van der Waals surface area contributed by atoms with E-state index >= 15 is 0 Å². The van der Waals surface area contributed by atoms with Crippen LogP contribution in [0, 0.1) is 0 Å². The van der Waals surface area contributed by atoms with Crippen LogP contribution in [-0.4, -0.2) is 66.6 Å². The van der Waals surface area contributed by atoms with Gasteiger partial charge in [0.25, 0.3) is 0 Å². The summed E-state index contributed by atoms with van der Waals surface area (Å²) in [6, 6.07) is 5.76. The molecule has 0 bridgehead atoms. The van der Waals surface area contributed by atoms with E-state index in [1.165, 1.54) is 0 Å². The summed E-state index contributed by atoms with van der Waals surface area (Å²) >= 11 is 0. The lowest BCUT2D eigenvalue weighted by Crippen LogP contribution is -2.48. The summed E-state index contributed by atoms with van der Waals surface area (Å²) < 4.78 is 31.0. The molecule has 0 atom stereocenters. The van der Waals surface area contributed by atoms with E-state index in [0.29, 0.717) is 26.1 Å². The molecule has 0 amide bonds. The first-order chi connectivity index (χ1) is 11.5. The topological polar surface area (TPSA) is 78.5 Å². The van der Waals surface area contributed by atoms with Crippen LogP contribution < -0.4 is 4.74 Å². The van der Waals surface area contributed by atoms with Crippen molar-refractivity contribution in [2.45, 2.75) is 19.9 Å². The normalized spacial score (nSPS) is 17.4. The van der Waals surface area contributed by atoms with Gasteiger partial charge in [0.15, 0.2) is 0 Å². The minimum atomic E-state index is -3.09. The largest absolute Gasteiger partial charge is 0.497 e. The quantitative estimate of drug-likeness (QED) is 0.851. The van der Waals surface area contributed by atoms with Gasteiger partial charge >= 0.3 is 0 Å². The van der Waals surface area contributed by atoms with Crippen LogP contribution in [0.5, 0.6) is 5.75 Å². The van der Waals surface area contributed by atoms with Gasteiger partial charge in [-0.05, 0) is 18.6 Å². The number of hydrogen-bond donors (Lipinski definition) is 1. The van der Waals surface area contributed by atoms with E-state index in [2.05, 4.69) is 14.9 Å². The van der Waals surface area contributed by atoms with Crippen LogP contribution in [0.25, 0.3) is 11.0 Å². The molecule has 1 aliphatic rings. The van der Waals surface area contributed by atoms with Gasteiger partial charge in [0.05, 0.1) is 30.4 Å². The molecule has 0 aliphatic carbocycles. The summed E-state index contributed by atoms with van der Waals surface area (Å²) in [6.07, 6.45) is 0.658. The number of aromatic amines is 1. The van der Waals surface area contributed by atoms with E-state index in [1.807, 2.05) is 25.1 Å². The number of rotatable bonds is 6. The highest BCUT2D eigenvalue weighted by Gasteiger charge is 2.26. The number of H-pyrrole nitrogens is 1. The molecule has 3 rings (SSSR count). The molecule has 1 aliphatic heterocycles. The van der Waals surface area contributed by atoms with Gasteiger partial charge in [-0.15, -0.1) is 0 Å². The highest BCUT2D eigenvalue weighted by atomic mass is 32.2. The number of hydrogen-bond acceptors (Lipinski definition) is 5. The Balaban J connectivity index is 1.62. The van der Waals surface area contributed by atoms with E-state index in [4.69, 9.17) is 4.74 Å². The summed E-state index contributed by atoms with van der Waals surface area (Å²) in [4.78, 5) is 10.1. The predicted octanol–water partition coefficient (Wildman–Crippen LogP) is 1.43. The Morgan fingerprint density at radius 1 is 1.25 bits per heavy atom. The van der Waals surface area contributed by atoms with E-state index in [-0.39, 0.29) is 5.75 Å². The Morgan fingerprint density at radius 2 is 2.00 bits per heavy atom. The number of imidazole rings is 1. The first-order valence-corrected chi connectivity index (χ1v) is 9.85. The molecule has 1 aromatic carbocycles. The van der Waals surface area contributed by atoms with Gasteiger partial charge in [0.2, 0.25) is 10.0 Å². The number of sulfonamides is 1. The number of methoxy groups -OCH3 is 1. The van der Waals surface area contributed by atoms with Crippen molar-refractivity contribution in [1.82, 2.24) is 19.2 Å². The molecule has 0 unspecified atom stereocenters. The first kappa shape index (κ1) is 17.2. The van der Waals surface area contributed by atoms with Crippen molar-refractivity contribution in [3.05, 3.63) is 24.0 Å². The summed E-state index contributed by atoms with van der Waals surface area (Å²) in [7, 11) is -1.45. The number of benzene rings is 1. The van der Waals surface area contributed by atoms with Crippen molar-refractivity contribution >= 4 is 21.1 Å². The van der Waals surface area contributed by atoms with E-state index in [9.17, 15) is 8.42 Å². The second kappa shape index (κ2) is 7.08. The minimum absolute atomic E-state index is 0.235. The van der Waals surface area contributed by atoms with Crippen LogP contribution in [0.4, 0.5) is 0 Å². The zero-order valence-electron chi connectivity index (χ0n) is 14.2. The van der Waals surface area contributed by atoms with Crippen LogP contribution in [0.15, 0.2) is 18.2 Å². The number of fused-ring (bicyclic) bond motifs is 1. The maximum Gasteiger partial charge on any atom is 0.214 e. The Kier molecular flexibility index (Phi) is 5.07. The molecule has 1 N–H and O–H groups in total. The predicted molar refractivity (Wildman–Crippen MR) is 93.6 cm³/mol. The molecule has 2 heterocycles. The molecule has 1 saturated heterocycles. The molecular weight excluding hydrogens is 328 g/mol. The third-order valence-electron chi connectivity index (χ3n) is 4.30. The van der Waals surface area contributed by atoms with Crippen molar-refractivity contribution in [2.75, 3.05) is 39.0 Å². The van der Waals surface area contributed by atoms with Gasteiger partial charge < -0.3 is 9.72 Å². The Bertz CT molecular complexity index is 795. The molecule has 132 valence electrons. The van der Waals surface area contributed by atoms with Crippen LogP contribution in [-0.2, 0) is 16.6 Å². The van der Waals surface area contributed by atoms with Crippen molar-refractivity contribution in [2.24, 2.45) is 0 Å². The summed E-state index contributed by atoms with van der Waals surface area (Å²) in [6.45, 7) is 5.14. The Labute approximate surface area is 142 Å². The van der Waals surface area contributed by atoms with E-state index < -0.39 is 10.0 Å². The summed E-state index contributed by atoms with van der Waals surface area (Å²) in [5.41, 5.74) is 1.86. The van der Waals surface area contributed by atoms with Gasteiger partial charge in [0.1, 0.15) is 11.6 Å². The fraction of sp³-hybridized carbons (Fsp3) is 0.562. The van der Waals surface area contributed by atoms with Crippen LogP contribution >= 0.6 is 0 Å². The van der Waals surface area contributed by atoms with Crippen LogP contribution in [0.1, 0.15) is 19.2 Å². The lowest BCUT2D eigenvalue weighted by atomic mass is 10.3. The number of nitrogens with zero attached hydrogens (tertiary/aromatic N) is 3. The Morgan fingerprint density at radius 3 is 2.67 bits per heavy atom. The van der Waals surface area contributed by atoms with Crippen molar-refractivity contribution in [3.8, 4) is 5.75 Å². The first-order valence-electron chi connectivity index (χ1n) is 8.24. The van der Waals surface area contributed by atoms with Crippen molar-refractivity contribution in [3.63, 3.8) is 0 Å². The van der Waals surface area contributed by atoms with Gasteiger partial charge in [-0.1, -0.05) is 6.92 Å². The highest BCUT2D eigenvalue weighted by molar-refractivity contribution is 7.89. The van der Waals surface area contributed by atoms with Crippen molar-refractivity contribution in [1.29, 1.82) is 0 Å². The molecule has 7 nitrogen and oxygen atoms in total. The molecule has 1 fully saturated rings. The summed E-state index contributed by atoms with van der Waals surface area (Å²) in [5.74, 6) is 1.92. The minimum Gasteiger partial charge on any atom is -0.497 e. The molecule has 0 spiro atoms. The molecule has 8 heteroatoms. The lowest BCUT2D eigenvalue weighted by Gasteiger charge is -2.33. The maximum absolute atomic E-state index is 12.1. The molecular formula is C16H24N4O3S. The monoisotopic (exact) mass is 352 g/mol. The standard InChI is InChI=1S/C16H24N4O3S/c1-3-10-24(21,22)20-8-6-19(7-9-20)12-16-17-14-5-4-13(23-2)11-15(14)18-16/h4-5,11H,3,6-10,12H2,1-2H3,(H,17,18). The Hall–Kier alpha value is -1.64. The highest BCUT2D eigenvalue weighted by Crippen LogP contribution is 2.19. The van der Waals surface area contributed by atoms with Crippen LogP contribution in [0.2, 0.25) is 0 Å². The second-order valence-corrected chi connectivity index (χ2v) is 8.15. The lowest BCUT2D eigenvalue weighted by molar-refractivity contribution is 0.178. The molecule has 0 saturated carbocycles. The average molecular weight is 352 g/mol. The fourth-order valence-electron chi connectivity index (χ4n) is 3.01. The van der Waals surface area contributed by atoms with Crippen LogP contribution in [0.3, 0.4) is 0 Å². The van der Waals surface area contributed by atoms with E-state index in [1.54, 1.807) is 11.4 Å². The molecule has 2 aromatic rings. The van der Waals surface area contributed by atoms with Gasteiger partial charge in [-0.2, -0.15) is 4.31 Å².